The van der Waals surface area contributed by atoms with Gasteiger partial charge in [0.1, 0.15) is 0 Å². The zero-order valence-electron chi connectivity index (χ0n) is 19.5. The van der Waals surface area contributed by atoms with Gasteiger partial charge in [-0.3, -0.25) is 0 Å². The molecule has 0 heterocycles. The molecule has 0 aliphatic heterocycles. The zero-order valence-corrected chi connectivity index (χ0v) is 19.5. The Balaban J connectivity index is 5.88. The molecule has 6 heteroatoms. The van der Waals surface area contributed by atoms with Crippen LogP contribution in [0.25, 0.3) is 0 Å². The van der Waals surface area contributed by atoms with E-state index in [4.69, 9.17) is 19.6 Å². The number of hydrogen-bond acceptors (Lipinski definition) is 6. The molecule has 0 radical (unpaired) electrons. The van der Waals surface area contributed by atoms with Gasteiger partial charge in [0.25, 0.3) is 0 Å². The highest BCUT2D eigenvalue weighted by atomic mass is 17.3. The summed E-state index contributed by atoms with van der Waals surface area (Å²) in [6, 6.07) is 0. The molecular weight excluding hydrogens is 360 g/mol. The fourth-order valence-electron chi connectivity index (χ4n) is 4.36. The number of rotatable bonds is 17. The van der Waals surface area contributed by atoms with Gasteiger partial charge in [0.05, 0.1) is 0 Å². The van der Waals surface area contributed by atoms with E-state index in [-0.39, 0.29) is 23.7 Å². The summed E-state index contributed by atoms with van der Waals surface area (Å²) in [4.78, 5) is 21.9. The van der Waals surface area contributed by atoms with Crippen LogP contribution in [-0.4, -0.2) is 22.1 Å². The maximum atomic E-state index is 9.92. The summed E-state index contributed by atoms with van der Waals surface area (Å²) in [6.45, 7) is 16.3. The molecule has 2 N–H and O–H groups in total. The van der Waals surface area contributed by atoms with Crippen LogP contribution in [0.5, 0.6) is 0 Å². The van der Waals surface area contributed by atoms with Crippen molar-refractivity contribution in [1.29, 1.82) is 0 Å². The molecule has 4 atom stereocenters. The minimum atomic E-state index is -1.33. The normalized spacial score (nSPS) is 20.8. The molecule has 0 aromatic carbocycles. The second-order valence-electron chi connectivity index (χ2n) is 8.55. The molecule has 0 amide bonds. The van der Waals surface area contributed by atoms with Crippen molar-refractivity contribution >= 4 is 0 Å². The van der Waals surface area contributed by atoms with Crippen LogP contribution in [0, 0.1) is 23.7 Å². The Morgan fingerprint density at radius 2 is 0.750 bits per heavy atom. The van der Waals surface area contributed by atoms with Gasteiger partial charge >= 0.3 is 0 Å². The monoisotopic (exact) mass is 406 g/mol. The highest BCUT2D eigenvalue weighted by Crippen LogP contribution is 2.42. The van der Waals surface area contributed by atoms with Crippen LogP contribution in [0.2, 0.25) is 0 Å². The second kappa shape index (κ2) is 13.9. The maximum Gasteiger partial charge on any atom is 0.238 e. The molecule has 0 aliphatic rings. The summed E-state index contributed by atoms with van der Waals surface area (Å²) in [5, 5.41) is 19.8. The van der Waals surface area contributed by atoms with Gasteiger partial charge in [-0.1, -0.05) is 81.1 Å². The first-order valence-electron chi connectivity index (χ1n) is 11.3. The quantitative estimate of drug-likeness (QED) is 0.153. The lowest BCUT2D eigenvalue weighted by atomic mass is 9.83. The SMILES string of the molecule is CCCC(C)C(OO)(OOC(OO)(C(C)CCC)C(C)CCC)C(C)CCC. The van der Waals surface area contributed by atoms with E-state index in [0.717, 1.165) is 51.4 Å². The van der Waals surface area contributed by atoms with Crippen LogP contribution in [0.4, 0.5) is 0 Å². The summed E-state index contributed by atoms with van der Waals surface area (Å²) in [5.74, 6) is -3.08. The first kappa shape index (κ1) is 27.8. The lowest BCUT2D eigenvalue weighted by molar-refractivity contribution is -0.599. The number of hydrogen-bond donors (Lipinski definition) is 2. The first-order valence-corrected chi connectivity index (χ1v) is 11.3. The molecule has 0 aromatic heterocycles. The molecule has 170 valence electrons. The maximum absolute atomic E-state index is 9.92. The minimum absolute atomic E-state index is 0.108. The Bertz CT molecular complexity index is 329. The van der Waals surface area contributed by atoms with E-state index in [2.05, 4.69) is 27.7 Å². The molecule has 0 rings (SSSR count). The van der Waals surface area contributed by atoms with E-state index in [9.17, 15) is 10.5 Å². The molecule has 0 aromatic rings. The van der Waals surface area contributed by atoms with Gasteiger partial charge in [-0.15, -0.1) is 0 Å². The topological polar surface area (TPSA) is 77.4 Å². The summed E-state index contributed by atoms with van der Waals surface area (Å²) < 4.78 is 0. The highest BCUT2D eigenvalue weighted by Gasteiger charge is 2.51. The molecule has 0 saturated heterocycles. The van der Waals surface area contributed by atoms with Crippen molar-refractivity contribution in [3.05, 3.63) is 0 Å². The molecule has 0 saturated carbocycles. The third kappa shape index (κ3) is 6.64. The molecule has 6 nitrogen and oxygen atoms in total. The van der Waals surface area contributed by atoms with Crippen molar-refractivity contribution in [3.8, 4) is 0 Å². The fourth-order valence-corrected chi connectivity index (χ4v) is 4.36. The summed E-state index contributed by atoms with van der Waals surface area (Å²) in [6.07, 6.45) is 6.92. The second-order valence-corrected chi connectivity index (χ2v) is 8.55. The van der Waals surface area contributed by atoms with Gasteiger partial charge in [-0.2, -0.15) is 9.78 Å². The van der Waals surface area contributed by atoms with Gasteiger partial charge in [0.2, 0.25) is 11.6 Å². The zero-order chi connectivity index (χ0) is 21.8. The Labute approximate surface area is 172 Å². The Hall–Kier alpha value is -0.240. The van der Waals surface area contributed by atoms with E-state index >= 15 is 0 Å². The summed E-state index contributed by atoms with van der Waals surface area (Å²) in [7, 11) is 0. The highest BCUT2D eigenvalue weighted by molar-refractivity contribution is 4.83. The Kier molecular flexibility index (Phi) is 13.8. The standard InChI is InChI=1S/C22H46O6/c1-9-13-17(5)21(25-23,18(6)14-10-2)27-28-22(26-24,19(7)15-11-3)20(8)16-12-4/h17-20,23-24H,9-16H2,1-8H3. The average Bonchev–Trinajstić information content (AvgIpc) is 2.66. The van der Waals surface area contributed by atoms with Crippen molar-refractivity contribution < 1.29 is 30.1 Å². The van der Waals surface area contributed by atoms with Crippen molar-refractivity contribution in [1.82, 2.24) is 0 Å². The van der Waals surface area contributed by atoms with Crippen LogP contribution >= 0.6 is 0 Å². The van der Waals surface area contributed by atoms with Crippen molar-refractivity contribution in [3.63, 3.8) is 0 Å². The molecule has 0 bridgehead atoms. The van der Waals surface area contributed by atoms with Crippen molar-refractivity contribution in [2.24, 2.45) is 23.7 Å². The van der Waals surface area contributed by atoms with Gasteiger partial charge < -0.3 is 0 Å². The van der Waals surface area contributed by atoms with Crippen molar-refractivity contribution in [2.45, 2.75) is 118 Å². The third-order valence-corrected chi connectivity index (χ3v) is 6.22. The molecule has 28 heavy (non-hydrogen) atoms. The van der Waals surface area contributed by atoms with Gasteiger partial charge in [-0.05, 0) is 25.7 Å². The lowest BCUT2D eigenvalue weighted by Gasteiger charge is -2.44. The molecule has 0 aliphatic carbocycles. The minimum Gasteiger partial charge on any atom is -0.249 e. The predicted octanol–water partition coefficient (Wildman–Crippen LogP) is 7.05. The molecule has 0 spiro atoms. The van der Waals surface area contributed by atoms with E-state index in [0.29, 0.717) is 0 Å². The van der Waals surface area contributed by atoms with Gasteiger partial charge in [-0.25, -0.2) is 20.3 Å². The Morgan fingerprint density at radius 3 is 0.893 bits per heavy atom. The largest absolute Gasteiger partial charge is 0.249 e. The van der Waals surface area contributed by atoms with E-state index < -0.39 is 11.6 Å². The predicted molar refractivity (Wildman–Crippen MR) is 111 cm³/mol. The van der Waals surface area contributed by atoms with E-state index in [1.54, 1.807) is 0 Å². The van der Waals surface area contributed by atoms with Crippen LogP contribution in [0.3, 0.4) is 0 Å². The van der Waals surface area contributed by atoms with E-state index in [1.807, 2.05) is 27.7 Å². The van der Waals surface area contributed by atoms with Crippen LogP contribution in [-0.2, 0) is 19.6 Å². The van der Waals surface area contributed by atoms with E-state index in [1.165, 1.54) is 0 Å². The lowest BCUT2D eigenvalue weighted by Crippen LogP contribution is -2.54. The summed E-state index contributed by atoms with van der Waals surface area (Å²) in [5.41, 5.74) is 0. The third-order valence-electron chi connectivity index (χ3n) is 6.22. The molecular formula is C22H46O6. The molecule has 0 fully saturated rings. The van der Waals surface area contributed by atoms with Crippen LogP contribution < -0.4 is 0 Å². The van der Waals surface area contributed by atoms with Crippen LogP contribution in [0.15, 0.2) is 0 Å². The van der Waals surface area contributed by atoms with Crippen molar-refractivity contribution in [2.75, 3.05) is 0 Å². The van der Waals surface area contributed by atoms with Gasteiger partial charge in [0.15, 0.2) is 0 Å². The fraction of sp³-hybridized carbons (Fsp3) is 1.00. The van der Waals surface area contributed by atoms with Gasteiger partial charge in [0, 0.05) is 23.7 Å². The molecule has 4 unspecified atom stereocenters. The summed E-state index contributed by atoms with van der Waals surface area (Å²) >= 11 is 0. The van der Waals surface area contributed by atoms with Crippen LogP contribution in [0.1, 0.15) is 107 Å². The average molecular weight is 407 g/mol. The first-order chi connectivity index (χ1) is 13.3. The smallest absolute Gasteiger partial charge is 0.238 e. The Morgan fingerprint density at radius 1 is 0.536 bits per heavy atom.